The molecule has 0 atom stereocenters. The van der Waals surface area contributed by atoms with Crippen molar-refractivity contribution in [3.63, 3.8) is 0 Å². The molecule has 3 aromatic carbocycles. The third-order valence-corrected chi connectivity index (χ3v) is 7.02. The first kappa shape index (κ1) is 27.7. The van der Waals surface area contributed by atoms with Gasteiger partial charge in [-0.05, 0) is 84.6 Å². The van der Waals surface area contributed by atoms with E-state index in [1.165, 1.54) is 0 Å². The molecule has 1 aromatic heterocycles. The molecule has 1 fully saturated rings. The molecule has 3 N–H and O–H groups in total. The molecule has 9 nitrogen and oxygen atoms in total. The van der Waals surface area contributed by atoms with E-state index in [0.717, 1.165) is 42.7 Å². The highest BCUT2D eigenvalue weighted by atomic mass is 16.6. The maximum atomic E-state index is 12.7. The smallest absolute Gasteiger partial charge is 0.272 e. The number of hydrogen-bond acceptors (Lipinski definition) is 6. The number of oxime groups is 1. The summed E-state index contributed by atoms with van der Waals surface area (Å²) < 4.78 is 1.77. The monoisotopic (exact) mass is 551 g/mol. The van der Waals surface area contributed by atoms with Gasteiger partial charge in [-0.3, -0.25) is 9.59 Å². The summed E-state index contributed by atoms with van der Waals surface area (Å²) in [6.45, 7) is 1.92. The van der Waals surface area contributed by atoms with E-state index >= 15 is 0 Å². The van der Waals surface area contributed by atoms with Crippen LogP contribution in [0.15, 0.2) is 96.3 Å². The molecule has 1 aliphatic rings. The molecule has 5 rings (SSSR count). The van der Waals surface area contributed by atoms with E-state index in [-0.39, 0.29) is 24.5 Å². The van der Waals surface area contributed by atoms with Crippen molar-refractivity contribution in [3.8, 4) is 0 Å². The first-order valence-corrected chi connectivity index (χ1v) is 13.6. The molecule has 0 bridgehead atoms. The number of carbonyl (C=O) groups is 2. The molecule has 1 aliphatic heterocycles. The summed E-state index contributed by atoms with van der Waals surface area (Å²) in [5, 5.41) is 19.5. The molecule has 9 heteroatoms. The van der Waals surface area contributed by atoms with Crippen molar-refractivity contribution in [2.75, 3.05) is 28.6 Å². The lowest BCUT2D eigenvalue weighted by Gasteiger charge is -2.31. The van der Waals surface area contributed by atoms with Gasteiger partial charge in [-0.15, -0.1) is 0 Å². The number of aliphatic hydroxyl groups is 1. The van der Waals surface area contributed by atoms with Crippen LogP contribution in [0.4, 0.5) is 17.1 Å². The number of nitrogens with zero attached hydrogens (tertiary/aromatic N) is 3. The first-order valence-electron chi connectivity index (χ1n) is 13.6. The van der Waals surface area contributed by atoms with Crippen LogP contribution in [0.2, 0.25) is 0 Å². The van der Waals surface area contributed by atoms with Gasteiger partial charge < -0.3 is 30.0 Å². The molecule has 0 spiro atoms. The second-order valence-corrected chi connectivity index (χ2v) is 10.0. The molecule has 210 valence electrons. The SMILES string of the molecule is Cn1cccc1C(=O)Nc1ccc(/C=N/OCc2ccc(NC(=O)c3ccc(N4CCC(O)CC4)cc3)cc2)cc1. The maximum Gasteiger partial charge on any atom is 0.272 e. The van der Waals surface area contributed by atoms with Crippen molar-refractivity contribution >= 4 is 35.1 Å². The molecule has 0 saturated carbocycles. The van der Waals surface area contributed by atoms with Gasteiger partial charge in [0.2, 0.25) is 0 Å². The number of rotatable bonds is 9. The standard InChI is InChI=1S/C32H33N5O4/c1-36-18-2-3-30(36)32(40)35-27-10-4-23(5-11-27)21-33-41-22-24-6-12-26(13-7-24)34-31(39)25-8-14-28(15-9-25)37-19-16-29(38)17-20-37/h2-15,18,21,29,38H,16-17,19-20,22H2,1H3,(H,34,39)(H,35,40)/b33-21+. The van der Waals surface area contributed by atoms with Crippen LogP contribution in [0.1, 0.15) is 44.8 Å². The quantitative estimate of drug-likeness (QED) is 0.200. The third-order valence-electron chi connectivity index (χ3n) is 7.02. The van der Waals surface area contributed by atoms with E-state index in [1.807, 2.05) is 92.1 Å². The Hall–Kier alpha value is -4.89. The highest BCUT2D eigenvalue weighted by molar-refractivity contribution is 6.04. The number of carbonyl (C=O) groups excluding carboxylic acids is 2. The van der Waals surface area contributed by atoms with Gasteiger partial charge in [0.1, 0.15) is 12.3 Å². The average molecular weight is 552 g/mol. The Kier molecular flexibility index (Phi) is 8.76. The number of anilines is 3. The van der Waals surface area contributed by atoms with E-state index < -0.39 is 0 Å². The summed E-state index contributed by atoms with van der Waals surface area (Å²) in [4.78, 5) is 32.7. The number of piperidine rings is 1. The number of aromatic nitrogens is 1. The highest BCUT2D eigenvalue weighted by Gasteiger charge is 2.17. The Balaban J connectivity index is 1.06. The predicted octanol–water partition coefficient (Wildman–Crippen LogP) is 5.04. The predicted molar refractivity (Wildman–Crippen MR) is 160 cm³/mol. The van der Waals surface area contributed by atoms with Gasteiger partial charge in [-0.2, -0.15) is 0 Å². The van der Waals surface area contributed by atoms with Crippen LogP contribution in [-0.2, 0) is 18.5 Å². The van der Waals surface area contributed by atoms with Crippen molar-refractivity contribution in [1.82, 2.24) is 4.57 Å². The second-order valence-electron chi connectivity index (χ2n) is 10.0. The number of amides is 2. The normalized spacial score (nSPS) is 13.8. The second kappa shape index (κ2) is 13.0. The van der Waals surface area contributed by atoms with Crippen molar-refractivity contribution in [2.24, 2.45) is 12.2 Å². The fourth-order valence-electron chi connectivity index (χ4n) is 4.59. The Morgan fingerprint density at radius 3 is 2.17 bits per heavy atom. The molecule has 41 heavy (non-hydrogen) atoms. The minimum absolute atomic E-state index is 0.169. The van der Waals surface area contributed by atoms with Gasteiger partial charge in [0, 0.05) is 49.0 Å². The van der Waals surface area contributed by atoms with Crippen LogP contribution >= 0.6 is 0 Å². The number of hydrogen-bond donors (Lipinski definition) is 3. The average Bonchev–Trinajstić information content (AvgIpc) is 3.43. The zero-order chi connectivity index (χ0) is 28.6. The fourth-order valence-corrected chi connectivity index (χ4v) is 4.59. The van der Waals surface area contributed by atoms with E-state index in [4.69, 9.17) is 4.84 Å². The number of aliphatic hydroxyl groups excluding tert-OH is 1. The summed E-state index contributed by atoms with van der Waals surface area (Å²) in [5.74, 6) is -0.345. The Bertz CT molecular complexity index is 1490. The molecule has 4 aromatic rings. The summed E-state index contributed by atoms with van der Waals surface area (Å²) in [5.41, 5.74) is 5.36. The molecule has 1 saturated heterocycles. The molecular formula is C32H33N5O4. The van der Waals surface area contributed by atoms with Gasteiger partial charge in [0.15, 0.2) is 0 Å². The van der Waals surface area contributed by atoms with Gasteiger partial charge in [0.25, 0.3) is 11.8 Å². The van der Waals surface area contributed by atoms with Crippen LogP contribution in [0, 0.1) is 0 Å². The van der Waals surface area contributed by atoms with Gasteiger partial charge >= 0.3 is 0 Å². The summed E-state index contributed by atoms with van der Waals surface area (Å²) in [6.07, 6.45) is 4.75. The highest BCUT2D eigenvalue weighted by Crippen LogP contribution is 2.21. The Morgan fingerprint density at radius 2 is 1.54 bits per heavy atom. The summed E-state index contributed by atoms with van der Waals surface area (Å²) in [6, 6.07) is 25.9. The summed E-state index contributed by atoms with van der Waals surface area (Å²) in [7, 11) is 1.83. The van der Waals surface area contributed by atoms with Gasteiger partial charge in [0.05, 0.1) is 12.3 Å². The number of aryl methyl sites for hydroxylation is 1. The number of nitrogens with one attached hydrogen (secondary N) is 2. The van der Waals surface area contributed by atoms with Crippen LogP contribution < -0.4 is 15.5 Å². The molecular weight excluding hydrogens is 518 g/mol. The minimum Gasteiger partial charge on any atom is -0.393 e. The van der Waals surface area contributed by atoms with E-state index in [1.54, 1.807) is 16.8 Å². The van der Waals surface area contributed by atoms with E-state index in [2.05, 4.69) is 20.7 Å². The Labute approximate surface area is 239 Å². The van der Waals surface area contributed by atoms with E-state index in [0.29, 0.717) is 22.6 Å². The first-order chi connectivity index (χ1) is 19.9. The lowest BCUT2D eigenvalue weighted by Crippen LogP contribution is -2.35. The largest absolute Gasteiger partial charge is 0.393 e. The third kappa shape index (κ3) is 7.40. The number of benzene rings is 3. The zero-order valence-corrected chi connectivity index (χ0v) is 22.9. The van der Waals surface area contributed by atoms with Crippen molar-refractivity contribution in [2.45, 2.75) is 25.6 Å². The molecule has 0 aliphatic carbocycles. The van der Waals surface area contributed by atoms with Crippen LogP contribution in [0.3, 0.4) is 0 Å². The Morgan fingerprint density at radius 1 is 0.902 bits per heavy atom. The molecule has 2 amide bonds. The van der Waals surface area contributed by atoms with Crippen LogP contribution in [0.5, 0.6) is 0 Å². The van der Waals surface area contributed by atoms with Crippen LogP contribution in [0.25, 0.3) is 0 Å². The zero-order valence-electron chi connectivity index (χ0n) is 22.9. The molecule has 2 heterocycles. The molecule has 0 radical (unpaired) electrons. The molecule has 0 unspecified atom stereocenters. The van der Waals surface area contributed by atoms with Crippen molar-refractivity contribution in [1.29, 1.82) is 0 Å². The fraction of sp³-hybridized carbons (Fsp3) is 0.219. The topological polar surface area (TPSA) is 108 Å². The summed E-state index contributed by atoms with van der Waals surface area (Å²) >= 11 is 0. The lowest BCUT2D eigenvalue weighted by atomic mass is 10.1. The maximum absolute atomic E-state index is 12.7. The van der Waals surface area contributed by atoms with Crippen molar-refractivity contribution in [3.05, 3.63) is 114 Å². The van der Waals surface area contributed by atoms with Gasteiger partial charge in [-0.25, -0.2) is 0 Å². The lowest BCUT2D eigenvalue weighted by molar-refractivity contribution is 0.101. The van der Waals surface area contributed by atoms with E-state index in [9.17, 15) is 14.7 Å². The van der Waals surface area contributed by atoms with Crippen molar-refractivity contribution < 1.29 is 19.5 Å². The minimum atomic E-state index is -0.214. The van der Waals surface area contributed by atoms with Gasteiger partial charge in [-0.1, -0.05) is 29.4 Å². The van der Waals surface area contributed by atoms with Crippen LogP contribution in [-0.4, -0.2) is 46.9 Å².